The third kappa shape index (κ3) is 5.82. The number of anilines is 1. The van der Waals surface area contributed by atoms with Crippen LogP contribution >= 0.6 is 12.2 Å². The predicted octanol–water partition coefficient (Wildman–Crippen LogP) is 5.12. The minimum Gasteiger partial charge on any atom is -0.497 e. The van der Waals surface area contributed by atoms with Crippen molar-refractivity contribution in [2.45, 2.75) is 13.1 Å². The highest BCUT2D eigenvalue weighted by molar-refractivity contribution is 7.80. The van der Waals surface area contributed by atoms with Gasteiger partial charge in [-0.3, -0.25) is 0 Å². The van der Waals surface area contributed by atoms with Crippen LogP contribution in [0.4, 0.5) is 5.69 Å². The Kier molecular flexibility index (Phi) is 8.16. The number of benzene rings is 3. The first kappa shape index (κ1) is 23.2. The quantitative estimate of drug-likeness (QED) is 0.452. The standard InChI is InChI=1S/C25H28N2O4S/c1-28-21-13-11-18(12-14-21)16-27(17-19-7-5-10-23(30-3)24(19)31-4)25(32)26-20-8-6-9-22(15-20)29-2/h5-15H,16-17H2,1-4H3,(H,26,32). The van der Waals surface area contributed by atoms with Crippen molar-refractivity contribution in [1.82, 2.24) is 4.90 Å². The summed E-state index contributed by atoms with van der Waals surface area (Å²) in [6.45, 7) is 1.13. The number of nitrogens with zero attached hydrogens (tertiary/aromatic N) is 1. The molecule has 168 valence electrons. The minimum absolute atomic E-state index is 0.530. The fourth-order valence-electron chi connectivity index (χ4n) is 3.34. The molecular formula is C25H28N2O4S. The summed E-state index contributed by atoms with van der Waals surface area (Å²) in [7, 11) is 6.57. The number of ether oxygens (including phenoxy) is 4. The highest BCUT2D eigenvalue weighted by Crippen LogP contribution is 2.32. The highest BCUT2D eigenvalue weighted by atomic mass is 32.1. The van der Waals surface area contributed by atoms with E-state index in [9.17, 15) is 0 Å². The molecular weight excluding hydrogens is 424 g/mol. The maximum atomic E-state index is 5.80. The zero-order valence-corrected chi connectivity index (χ0v) is 19.6. The van der Waals surface area contributed by atoms with Gasteiger partial charge >= 0.3 is 0 Å². The van der Waals surface area contributed by atoms with Gasteiger partial charge in [-0.25, -0.2) is 0 Å². The average Bonchev–Trinajstić information content (AvgIpc) is 2.83. The molecule has 0 saturated heterocycles. The van der Waals surface area contributed by atoms with E-state index in [0.717, 1.165) is 28.3 Å². The van der Waals surface area contributed by atoms with Crippen LogP contribution in [0, 0.1) is 0 Å². The Morgan fingerprint density at radius 1 is 0.781 bits per heavy atom. The fraction of sp³-hybridized carbons (Fsp3) is 0.240. The molecule has 0 heterocycles. The first-order valence-electron chi connectivity index (χ1n) is 10.1. The summed E-state index contributed by atoms with van der Waals surface area (Å²) in [5.74, 6) is 2.95. The van der Waals surface area contributed by atoms with Crippen molar-refractivity contribution in [3.8, 4) is 23.0 Å². The van der Waals surface area contributed by atoms with Gasteiger partial charge in [-0.05, 0) is 48.1 Å². The van der Waals surface area contributed by atoms with Gasteiger partial charge in [0.15, 0.2) is 16.6 Å². The molecule has 3 rings (SSSR count). The molecule has 6 nitrogen and oxygen atoms in total. The lowest BCUT2D eigenvalue weighted by Crippen LogP contribution is -2.34. The van der Waals surface area contributed by atoms with Gasteiger partial charge in [-0.1, -0.05) is 30.3 Å². The molecule has 0 amide bonds. The lowest BCUT2D eigenvalue weighted by molar-refractivity contribution is 0.341. The van der Waals surface area contributed by atoms with Gasteiger partial charge in [0, 0.05) is 30.4 Å². The average molecular weight is 453 g/mol. The molecule has 0 unspecified atom stereocenters. The summed E-state index contributed by atoms with van der Waals surface area (Å²) in [5.41, 5.74) is 2.92. The number of nitrogens with one attached hydrogen (secondary N) is 1. The molecule has 0 aliphatic carbocycles. The van der Waals surface area contributed by atoms with Crippen LogP contribution in [0.3, 0.4) is 0 Å². The molecule has 0 saturated carbocycles. The molecule has 0 bridgehead atoms. The van der Waals surface area contributed by atoms with E-state index < -0.39 is 0 Å². The predicted molar refractivity (Wildman–Crippen MR) is 131 cm³/mol. The van der Waals surface area contributed by atoms with Crippen molar-refractivity contribution in [2.75, 3.05) is 33.8 Å². The van der Waals surface area contributed by atoms with Crippen molar-refractivity contribution in [3.05, 3.63) is 77.9 Å². The van der Waals surface area contributed by atoms with Gasteiger partial charge in [0.1, 0.15) is 11.5 Å². The molecule has 0 fully saturated rings. The monoisotopic (exact) mass is 452 g/mol. The number of methoxy groups -OCH3 is 4. The van der Waals surface area contributed by atoms with E-state index in [1.165, 1.54) is 0 Å². The summed E-state index contributed by atoms with van der Waals surface area (Å²) < 4.78 is 21.7. The zero-order valence-electron chi connectivity index (χ0n) is 18.8. The molecule has 0 atom stereocenters. The van der Waals surface area contributed by atoms with Crippen LogP contribution in [0.2, 0.25) is 0 Å². The SMILES string of the molecule is COc1ccc(CN(Cc2cccc(OC)c2OC)C(=S)Nc2cccc(OC)c2)cc1. The lowest BCUT2D eigenvalue weighted by atomic mass is 10.1. The summed E-state index contributed by atoms with van der Waals surface area (Å²) in [6, 6.07) is 21.5. The summed E-state index contributed by atoms with van der Waals surface area (Å²) in [6.07, 6.45) is 0. The molecule has 0 aliphatic rings. The number of para-hydroxylation sites is 1. The number of thiocarbonyl (C=S) groups is 1. The van der Waals surface area contributed by atoms with Crippen LogP contribution in [0.5, 0.6) is 23.0 Å². The van der Waals surface area contributed by atoms with Gasteiger partial charge in [0.25, 0.3) is 0 Å². The van der Waals surface area contributed by atoms with Gasteiger partial charge in [0.05, 0.1) is 28.4 Å². The van der Waals surface area contributed by atoms with Crippen molar-refractivity contribution >= 4 is 23.0 Å². The maximum Gasteiger partial charge on any atom is 0.174 e. The smallest absolute Gasteiger partial charge is 0.174 e. The van der Waals surface area contributed by atoms with E-state index in [0.29, 0.717) is 29.7 Å². The van der Waals surface area contributed by atoms with Crippen LogP contribution in [0.1, 0.15) is 11.1 Å². The minimum atomic E-state index is 0.530. The maximum absolute atomic E-state index is 5.80. The second kappa shape index (κ2) is 11.2. The Morgan fingerprint density at radius 2 is 1.50 bits per heavy atom. The molecule has 3 aromatic carbocycles. The Morgan fingerprint density at radius 3 is 2.16 bits per heavy atom. The molecule has 0 radical (unpaired) electrons. The lowest BCUT2D eigenvalue weighted by Gasteiger charge is -2.27. The number of rotatable bonds is 9. The summed E-state index contributed by atoms with van der Waals surface area (Å²) in [4.78, 5) is 2.08. The molecule has 32 heavy (non-hydrogen) atoms. The van der Waals surface area contributed by atoms with Crippen molar-refractivity contribution in [1.29, 1.82) is 0 Å². The molecule has 0 aromatic heterocycles. The topological polar surface area (TPSA) is 52.2 Å². The second-order valence-corrected chi connectivity index (χ2v) is 7.41. The normalized spacial score (nSPS) is 10.2. The summed E-state index contributed by atoms with van der Waals surface area (Å²) >= 11 is 5.80. The van der Waals surface area contributed by atoms with Gasteiger partial charge < -0.3 is 29.2 Å². The van der Waals surface area contributed by atoms with Gasteiger partial charge in [0.2, 0.25) is 0 Å². The zero-order chi connectivity index (χ0) is 22.9. The fourth-order valence-corrected chi connectivity index (χ4v) is 3.58. The van der Waals surface area contributed by atoms with Crippen molar-refractivity contribution in [2.24, 2.45) is 0 Å². The molecule has 0 aliphatic heterocycles. The first-order valence-corrected chi connectivity index (χ1v) is 10.5. The largest absolute Gasteiger partial charge is 0.497 e. The van der Waals surface area contributed by atoms with E-state index in [1.807, 2.05) is 66.7 Å². The Balaban J connectivity index is 1.88. The Labute approximate surface area is 194 Å². The van der Waals surface area contributed by atoms with E-state index >= 15 is 0 Å². The van der Waals surface area contributed by atoms with Crippen LogP contribution in [0.25, 0.3) is 0 Å². The molecule has 0 spiro atoms. The third-order valence-corrected chi connectivity index (χ3v) is 5.35. The van der Waals surface area contributed by atoms with Crippen molar-refractivity contribution < 1.29 is 18.9 Å². The summed E-state index contributed by atoms with van der Waals surface area (Å²) in [5, 5.41) is 3.91. The van der Waals surface area contributed by atoms with Crippen LogP contribution in [0.15, 0.2) is 66.7 Å². The van der Waals surface area contributed by atoms with E-state index in [1.54, 1.807) is 28.4 Å². The van der Waals surface area contributed by atoms with Crippen molar-refractivity contribution in [3.63, 3.8) is 0 Å². The molecule has 1 N–H and O–H groups in total. The van der Waals surface area contributed by atoms with E-state index in [4.69, 9.17) is 31.2 Å². The number of hydrogen-bond donors (Lipinski definition) is 1. The van der Waals surface area contributed by atoms with Gasteiger partial charge in [-0.15, -0.1) is 0 Å². The van der Waals surface area contributed by atoms with E-state index in [2.05, 4.69) is 10.2 Å². The van der Waals surface area contributed by atoms with Crippen LogP contribution in [-0.4, -0.2) is 38.5 Å². The Bertz CT molecular complexity index is 1040. The van der Waals surface area contributed by atoms with Gasteiger partial charge in [-0.2, -0.15) is 0 Å². The second-order valence-electron chi connectivity index (χ2n) is 7.02. The van der Waals surface area contributed by atoms with Crippen LogP contribution < -0.4 is 24.3 Å². The highest BCUT2D eigenvalue weighted by Gasteiger charge is 2.17. The molecule has 7 heteroatoms. The number of hydrogen-bond acceptors (Lipinski definition) is 5. The molecule has 3 aromatic rings. The third-order valence-electron chi connectivity index (χ3n) is 4.99. The van der Waals surface area contributed by atoms with E-state index in [-0.39, 0.29) is 0 Å². The Hall–Kier alpha value is -3.45. The van der Waals surface area contributed by atoms with Crippen LogP contribution in [-0.2, 0) is 13.1 Å². The first-order chi connectivity index (χ1) is 15.6.